The van der Waals surface area contributed by atoms with Crippen LogP contribution in [0.1, 0.15) is 11.8 Å². The summed E-state index contributed by atoms with van der Waals surface area (Å²) in [4.78, 5) is 1.07. The van der Waals surface area contributed by atoms with E-state index in [9.17, 15) is 8.42 Å². The van der Waals surface area contributed by atoms with Gasteiger partial charge in [-0.2, -0.15) is 0 Å². The van der Waals surface area contributed by atoms with Crippen LogP contribution < -0.4 is 5.14 Å². The van der Waals surface area contributed by atoms with Gasteiger partial charge in [-0.05, 0) is 19.1 Å². The fraction of sp³-hybridized carbons (Fsp3) is 0.455. The van der Waals surface area contributed by atoms with Crippen molar-refractivity contribution < 1.29 is 17.9 Å². The molecule has 2 heterocycles. The van der Waals surface area contributed by atoms with Gasteiger partial charge in [-0.3, -0.25) is 0 Å². The fourth-order valence-electron chi connectivity index (χ4n) is 1.51. The lowest BCUT2D eigenvalue weighted by atomic mass is 10.4. The summed E-state index contributed by atoms with van der Waals surface area (Å²) in [6, 6.07) is 3.54. The number of ether oxygens (including phenoxy) is 2. The van der Waals surface area contributed by atoms with E-state index in [4.69, 9.17) is 14.6 Å². The molecular formula is C11H15NO4S3. The third-order valence-corrected chi connectivity index (χ3v) is 6.13. The first-order valence-corrected chi connectivity index (χ1v) is 8.89. The van der Waals surface area contributed by atoms with Gasteiger partial charge in [0.2, 0.25) is 10.0 Å². The second kappa shape index (κ2) is 6.29. The summed E-state index contributed by atoms with van der Waals surface area (Å²) in [6.45, 7) is 4.29. The molecule has 0 aliphatic heterocycles. The molecule has 0 unspecified atom stereocenters. The first-order chi connectivity index (χ1) is 9.00. The molecule has 5 nitrogen and oxygen atoms in total. The lowest BCUT2D eigenvalue weighted by molar-refractivity contribution is 0.0463. The van der Waals surface area contributed by atoms with Crippen LogP contribution in [-0.4, -0.2) is 28.2 Å². The Kier molecular flexibility index (Phi) is 4.93. The molecule has 0 radical (unpaired) electrons. The van der Waals surface area contributed by atoms with Gasteiger partial charge < -0.3 is 9.47 Å². The molecule has 106 valence electrons. The van der Waals surface area contributed by atoms with Gasteiger partial charge in [-0.1, -0.05) is 0 Å². The molecular weight excluding hydrogens is 306 g/mol. The molecule has 0 saturated heterocycles. The van der Waals surface area contributed by atoms with Gasteiger partial charge in [0.25, 0.3) is 0 Å². The van der Waals surface area contributed by atoms with Crippen LogP contribution in [-0.2, 0) is 26.1 Å². The average molecular weight is 321 g/mol. The Morgan fingerprint density at radius 2 is 1.95 bits per heavy atom. The first-order valence-electron chi connectivity index (χ1n) is 5.71. The van der Waals surface area contributed by atoms with Crippen LogP contribution in [0.3, 0.4) is 0 Å². The summed E-state index contributed by atoms with van der Waals surface area (Å²) < 4.78 is 34.2. The number of thiophene rings is 2. The summed E-state index contributed by atoms with van der Waals surface area (Å²) in [5.74, 6) is 0. The van der Waals surface area contributed by atoms with Gasteiger partial charge in [0.15, 0.2) is 0 Å². The molecule has 2 N–H and O–H groups in total. The van der Waals surface area contributed by atoms with Crippen molar-refractivity contribution in [1.82, 2.24) is 0 Å². The number of hydrogen-bond donors (Lipinski definition) is 1. The predicted molar refractivity (Wildman–Crippen MR) is 77.2 cm³/mol. The van der Waals surface area contributed by atoms with E-state index in [0.29, 0.717) is 26.4 Å². The molecule has 0 atom stereocenters. The molecule has 2 aromatic rings. The van der Waals surface area contributed by atoms with Crippen molar-refractivity contribution in [2.24, 2.45) is 5.14 Å². The lowest BCUT2D eigenvalue weighted by Gasteiger charge is -2.02. The molecule has 0 spiro atoms. The third kappa shape index (κ3) is 3.98. The summed E-state index contributed by atoms with van der Waals surface area (Å²) in [6.07, 6.45) is 0. The van der Waals surface area contributed by atoms with Gasteiger partial charge in [0.05, 0.1) is 23.8 Å². The quantitative estimate of drug-likeness (QED) is 0.793. The van der Waals surface area contributed by atoms with Crippen molar-refractivity contribution in [3.63, 3.8) is 0 Å². The number of fused-ring (bicyclic) bond motifs is 1. The molecule has 0 aliphatic rings. The standard InChI is InChI=1S/C11H15NO4S3/c1-2-15-3-4-16-7-9-5-8-6-10(19(12,13)14)18-11(8)17-9/h5-6H,2-4,7H2,1H3,(H2,12,13,14). The summed E-state index contributed by atoms with van der Waals surface area (Å²) in [7, 11) is -3.60. The van der Waals surface area contributed by atoms with E-state index in [0.717, 1.165) is 14.3 Å². The molecule has 2 aromatic heterocycles. The lowest BCUT2D eigenvalue weighted by Crippen LogP contribution is -2.09. The zero-order valence-corrected chi connectivity index (χ0v) is 12.9. The number of primary sulfonamides is 1. The number of sulfonamides is 1. The summed E-state index contributed by atoms with van der Waals surface area (Å²) in [5, 5.41) is 6.00. The van der Waals surface area contributed by atoms with E-state index in [2.05, 4.69) is 0 Å². The minimum Gasteiger partial charge on any atom is -0.379 e. The van der Waals surface area contributed by atoms with Crippen LogP contribution in [0.5, 0.6) is 0 Å². The van der Waals surface area contributed by atoms with Crippen LogP contribution in [0.15, 0.2) is 16.3 Å². The Bertz CT molecular complexity index is 612. The van der Waals surface area contributed by atoms with Crippen molar-refractivity contribution in [2.45, 2.75) is 17.7 Å². The van der Waals surface area contributed by atoms with Crippen LogP contribution in [0.25, 0.3) is 9.40 Å². The van der Waals surface area contributed by atoms with Crippen molar-refractivity contribution in [1.29, 1.82) is 0 Å². The monoisotopic (exact) mass is 321 g/mol. The Hall–Kier alpha value is -0.510. The van der Waals surface area contributed by atoms with Crippen molar-refractivity contribution in [3.05, 3.63) is 17.0 Å². The topological polar surface area (TPSA) is 78.6 Å². The molecule has 0 fully saturated rings. The van der Waals surface area contributed by atoms with Gasteiger partial charge in [0, 0.05) is 16.9 Å². The zero-order valence-electron chi connectivity index (χ0n) is 10.4. The normalized spacial score (nSPS) is 12.3. The fourth-order valence-corrected chi connectivity index (χ4v) is 4.84. The molecule has 0 amide bonds. The van der Waals surface area contributed by atoms with Gasteiger partial charge >= 0.3 is 0 Å². The minimum absolute atomic E-state index is 0.206. The highest BCUT2D eigenvalue weighted by Gasteiger charge is 2.14. The highest BCUT2D eigenvalue weighted by molar-refractivity contribution is 7.91. The Balaban J connectivity index is 1.97. The molecule has 0 saturated carbocycles. The number of nitrogens with two attached hydrogens (primary N) is 1. The SMILES string of the molecule is CCOCCOCc1cc2cc(S(N)(=O)=O)sc2s1. The summed E-state index contributed by atoms with van der Waals surface area (Å²) >= 11 is 2.73. The highest BCUT2D eigenvalue weighted by Crippen LogP contribution is 2.35. The molecule has 0 bridgehead atoms. The smallest absolute Gasteiger partial charge is 0.247 e. The van der Waals surface area contributed by atoms with Gasteiger partial charge in [0.1, 0.15) is 4.21 Å². The van der Waals surface area contributed by atoms with E-state index in [1.165, 1.54) is 22.7 Å². The maximum atomic E-state index is 11.2. The molecule has 0 aromatic carbocycles. The third-order valence-electron chi connectivity index (χ3n) is 2.34. The zero-order chi connectivity index (χ0) is 13.9. The Morgan fingerprint density at radius 3 is 2.58 bits per heavy atom. The van der Waals surface area contributed by atoms with Gasteiger partial charge in [-0.25, -0.2) is 13.6 Å². The summed E-state index contributed by atoms with van der Waals surface area (Å²) in [5.41, 5.74) is 0. The number of rotatable bonds is 7. The van der Waals surface area contributed by atoms with Crippen LogP contribution in [0.4, 0.5) is 0 Å². The van der Waals surface area contributed by atoms with E-state index in [1.54, 1.807) is 6.07 Å². The van der Waals surface area contributed by atoms with Gasteiger partial charge in [-0.15, -0.1) is 22.7 Å². The molecule has 19 heavy (non-hydrogen) atoms. The maximum Gasteiger partial charge on any atom is 0.247 e. The Morgan fingerprint density at radius 1 is 1.21 bits per heavy atom. The molecule has 0 aliphatic carbocycles. The average Bonchev–Trinajstić information content (AvgIpc) is 2.85. The largest absolute Gasteiger partial charge is 0.379 e. The molecule has 2 rings (SSSR count). The van der Waals surface area contributed by atoms with E-state index in [1.807, 2.05) is 13.0 Å². The van der Waals surface area contributed by atoms with E-state index >= 15 is 0 Å². The van der Waals surface area contributed by atoms with Crippen LogP contribution in [0, 0.1) is 0 Å². The Labute approximate surface area is 120 Å². The van der Waals surface area contributed by atoms with Crippen LogP contribution in [0.2, 0.25) is 0 Å². The van der Waals surface area contributed by atoms with Crippen molar-refractivity contribution in [2.75, 3.05) is 19.8 Å². The van der Waals surface area contributed by atoms with Crippen LogP contribution >= 0.6 is 22.7 Å². The maximum absolute atomic E-state index is 11.2. The highest BCUT2D eigenvalue weighted by atomic mass is 32.2. The molecule has 8 heteroatoms. The van der Waals surface area contributed by atoms with Crippen molar-refractivity contribution >= 4 is 42.1 Å². The second-order valence-corrected chi connectivity index (χ2v) is 8.05. The predicted octanol–water partition coefficient (Wildman–Crippen LogP) is 2.16. The van der Waals surface area contributed by atoms with Crippen molar-refractivity contribution in [3.8, 4) is 0 Å². The second-order valence-electron chi connectivity index (χ2n) is 3.82. The number of hydrogen-bond acceptors (Lipinski definition) is 6. The van der Waals surface area contributed by atoms with E-state index < -0.39 is 10.0 Å². The minimum atomic E-state index is -3.60. The van der Waals surface area contributed by atoms with E-state index in [-0.39, 0.29) is 4.21 Å². The first kappa shape index (κ1) is 14.9.